The Balaban J connectivity index is 1.77. The smallest absolute Gasteiger partial charge is 0.109 e. The molecule has 1 unspecified atom stereocenters. The van der Waals surface area contributed by atoms with Crippen molar-refractivity contribution >= 4 is 0 Å². The van der Waals surface area contributed by atoms with Crippen molar-refractivity contribution in [3.63, 3.8) is 0 Å². The Morgan fingerprint density at radius 2 is 2.33 bits per heavy atom. The Labute approximate surface area is 110 Å². The van der Waals surface area contributed by atoms with Crippen LogP contribution in [0, 0.1) is 5.92 Å². The third kappa shape index (κ3) is 3.82. The molecule has 1 atom stereocenters. The van der Waals surface area contributed by atoms with Crippen LogP contribution in [-0.2, 0) is 13.5 Å². The molecule has 1 aliphatic rings. The van der Waals surface area contributed by atoms with E-state index < -0.39 is 0 Å². The first-order valence-electron chi connectivity index (χ1n) is 7.07. The number of piperazine rings is 1. The molecule has 0 radical (unpaired) electrons. The average molecular weight is 250 g/mol. The fourth-order valence-electron chi connectivity index (χ4n) is 2.72. The van der Waals surface area contributed by atoms with Gasteiger partial charge in [-0.25, -0.2) is 4.98 Å². The van der Waals surface area contributed by atoms with Gasteiger partial charge in [0.05, 0.1) is 0 Å². The van der Waals surface area contributed by atoms with Crippen LogP contribution < -0.4 is 5.32 Å². The zero-order valence-electron chi connectivity index (χ0n) is 11.9. The molecule has 1 saturated heterocycles. The van der Waals surface area contributed by atoms with Gasteiger partial charge in [0.2, 0.25) is 0 Å². The van der Waals surface area contributed by atoms with Crippen LogP contribution in [0.5, 0.6) is 0 Å². The Hall–Kier alpha value is -0.870. The Morgan fingerprint density at radius 1 is 1.50 bits per heavy atom. The summed E-state index contributed by atoms with van der Waals surface area (Å²) in [5.41, 5.74) is 0. The lowest BCUT2D eigenvalue weighted by Crippen LogP contribution is -2.51. The lowest BCUT2D eigenvalue weighted by Gasteiger charge is -2.34. The summed E-state index contributed by atoms with van der Waals surface area (Å²) >= 11 is 0. The Kier molecular flexibility index (Phi) is 4.78. The van der Waals surface area contributed by atoms with Crippen molar-refractivity contribution in [2.75, 3.05) is 26.2 Å². The van der Waals surface area contributed by atoms with Crippen LogP contribution in [0.3, 0.4) is 0 Å². The molecule has 0 spiro atoms. The molecule has 1 aliphatic heterocycles. The van der Waals surface area contributed by atoms with E-state index in [2.05, 4.69) is 40.7 Å². The van der Waals surface area contributed by atoms with Gasteiger partial charge in [-0.1, -0.05) is 13.8 Å². The van der Waals surface area contributed by atoms with E-state index >= 15 is 0 Å². The molecule has 18 heavy (non-hydrogen) atoms. The molecule has 0 amide bonds. The molecule has 4 heteroatoms. The largest absolute Gasteiger partial charge is 0.338 e. The molecule has 0 aliphatic carbocycles. The van der Waals surface area contributed by atoms with Gasteiger partial charge < -0.3 is 14.8 Å². The van der Waals surface area contributed by atoms with Crippen LogP contribution >= 0.6 is 0 Å². The SMILES string of the molecule is CC(C)CC1CN(CCc2nccn2C)CCN1. The number of aromatic nitrogens is 2. The van der Waals surface area contributed by atoms with E-state index in [0.717, 1.165) is 25.4 Å². The highest BCUT2D eigenvalue weighted by molar-refractivity contribution is 4.92. The van der Waals surface area contributed by atoms with Crippen LogP contribution in [0.25, 0.3) is 0 Å². The van der Waals surface area contributed by atoms with Crippen LogP contribution in [0.2, 0.25) is 0 Å². The van der Waals surface area contributed by atoms with Gasteiger partial charge in [0, 0.05) is 58.1 Å². The van der Waals surface area contributed by atoms with E-state index in [1.165, 1.54) is 25.3 Å². The summed E-state index contributed by atoms with van der Waals surface area (Å²) in [4.78, 5) is 6.96. The van der Waals surface area contributed by atoms with Gasteiger partial charge >= 0.3 is 0 Å². The summed E-state index contributed by atoms with van der Waals surface area (Å²) < 4.78 is 2.12. The summed E-state index contributed by atoms with van der Waals surface area (Å²) in [5, 5.41) is 3.62. The molecule has 102 valence electrons. The van der Waals surface area contributed by atoms with Gasteiger partial charge in [-0.05, 0) is 12.3 Å². The molecule has 0 aromatic carbocycles. The van der Waals surface area contributed by atoms with Crippen molar-refractivity contribution in [2.45, 2.75) is 32.7 Å². The molecule has 1 N–H and O–H groups in total. The van der Waals surface area contributed by atoms with E-state index in [1.54, 1.807) is 0 Å². The minimum atomic E-state index is 0.667. The van der Waals surface area contributed by atoms with E-state index in [1.807, 2.05) is 12.4 Å². The Bertz CT molecular complexity index is 358. The summed E-state index contributed by atoms with van der Waals surface area (Å²) in [6.45, 7) is 9.20. The monoisotopic (exact) mass is 250 g/mol. The summed E-state index contributed by atoms with van der Waals surface area (Å²) in [6.07, 6.45) is 6.24. The summed E-state index contributed by atoms with van der Waals surface area (Å²) in [7, 11) is 2.07. The van der Waals surface area contributed by atoms with Gasteiger partial charge in [0.1, 0.15) is 5.82 Å². The average Bonchev–Trinajstić information content (AvgIpc) is 2.72. The third-order valence-corrected chi connectivity index (χ3v) is 3.67. The number of hydrogen-bond acceptors (Lipinski definition) is 3. The number of hydrogen-bond donors (Lipinski definition) is 1. The predicted molar refractivity (Wildman–Crippen MR) is 74.6 cm³/mol. The second kappa shape index (κ2) is 6.34. The van der Waals surface area contributed by atoms with Crippen molar-refractivity contribution < 1.29 is 0 Å². The van der Waals surface area contributed by atoms with Crippen LogP contribution in [0.4, 0.5) is 0 Å². The standard InChI is InChI=1S/C14H26N4/c1-12(2)10-13-11-18(9-6-15-13)7-4-14-16-5-8-17(14)3/h5,8,12-13,15H,4,6-7,9-11H2,1-3H3. The molecule has 2 heterocycles. The molecule has 1 aromatic rings. The molecule has 4 nitrogen and oxygen atoms in total. The first kappa shape index (κ1) is 13.6. The topological polar surface area (TPSA) is 33.1 Å². The highest BCUT2D eigenvalue weighted by Gasteiger charge is 2.19. The first-order valence-corrected chi connectivity index (χ1v) is 7.07. The second-order valence-electron chi connectivity index (χ2n) is 5.79. The van der Waals surface area contributed by atoms with Gasteiger partial charge in [-0.15, -0.1) is 0 Å². The maximum Gasteiger partial charge on any atom is 0.109 e. The number of nitrogens with one attached hydrogen (secondary N) is 1. The zero-order chi connectivity index (χ0) is 13.0. The predicted octanol–water partition coefficient (Wildman–Crippen LogP) is 1.28. The van der Waals surface area contributed by atoms with E-state index in [-0.39, 0.29) is 0 Å². The molecule has 1 aromatic heterocycles. The van der Waals surface area contributed by atoms with Gasteiger partial charge in [-0.3, -0.25) is 0 Å². The molecule has 0 bridgehead atoms. The number of nitrogens with zero attached hydrogens (tertiary/aromatic N) is 3. The number of imidazole rings is 1. The minimum absolute atomic E-state index is 0.667. The summed E-state index contributed by atoms with van der Waals surface area (Å²) in [6, 6.07) is 0.667. The maximum absolute atomic E-state index is 4.39. The van der Waals surface area contributed by atoms with Crippen LogP contribution in [-0.4, -0.2) is 46.7 Å². The molecular weight excluding hydrogens is 224 g/mol. The fourth-order valence-corrected chi connectivity index (χ4v) is 2.72. The summed E-state index contributed by atoms with van der Waals surface area (Å²) in [5.74, 6) is 1.96. The van der Waals surface area contributed by atoms with Crippen molar-refractivity contribution in [3.05, 3.63) is 18.2 Å². The molecule has 0 saturated carbocycles. The fraction of sp³-hybridized carbons (Fsp3) is 0.786. The van der Waals surface area contributed by atoms with Crippen molar-refractivity contribution in [2.24, 2.45) is 13.0 Å². The van der Waals surface area contributed by atoms with Crippen molar-refractivity contribution in [3.8, 4) is 0 Å². The highest BCUT2D eigenvalue weighted by atomic mass is 15.2. The minimum Gasteiger partial charge on any atom is -0.338 e. The lowest BCUT2D eigenvalue weighted by molar-refractivity contribution is 0.187. The van der Waals surface area contributed by atoms with Crippen LogP contribution in [0.15, 0.2) is 12.4 Å². The maximum atomic E-state index is 4.39. The number of aryl methyl sites for hydroxylation is 1. The normalized spacial score (nSPS) is 21.7. The van der Waals surface area contributed by atoms with Crippen molar-refractivity contribution in [1.82, 2.24) is 19.8 Å². The van der Waals surface area contributed by atoms with Crippen molar-refractivity contribution in [1.29, 1.82) is 0 Å². The number of rotatable bonds is 5. The lowest BCUT2D eigenvalue weighted by atomic mass is 10.0. The van der Waals surface area contributed by atoms with Gasteiger partial charge in [0.15, 0.2) is 0 Å². The van der Waals surface area contributed by atoms with E-state index in [0.29, 0.717) is 6.04 Å². The highest BCUT2D eigenvalue weighted by Crippen LogP contribution is 2.10. The quantitative estimate of drug-likeness (QED) is 0.854. The third-order valence-electron chi connectivity index (χ3n) is 3.67. The van der Waals surface area contributed by atoms with E-state index in [4.69, 9.17) is 0 Å². The molecular formula is C14H26N4. The van der Waals surface area contributed by atoms with E-state index in [9.17, 15) is 0 Å². The van der Waals surface area contributed by atoms with Gasteiger partial charge in [0.25, 0.3) is 0 Å². The van der Waals surface area contributed by atoms with Crippen LogP contribution in [0.1, 0.15) is 26.1 Å². The second-order valence-corrected chi connectivity index (χ2v) is 5.79. The molecule has 1 fully saturated rings. The molecule has 2 rings (SSSR count). The van der Waals surface area contributed by atoms with Gasteiger partial charge in [-0.2, -0.15) is 0 Å². The Morgan fingerprint density at radius 3 is 3.00 bits per heavy atom. The first-order chi connectivity index (χ1) is 8.65. The zero-order valence-corrected chi connectivity index (χ0v) is 11.9.